The van der Waals surface area contributed by atoms with E-state index >= 15 is 0 Å². The van der Waals surface area contributed by atoms with Crippen molar-refractivity contribution < 1.29 is 14.3 Å². The van der Waals surface area contributed by atoms with Gasteiger partial charge in [0.05, 0.1) is 16.7 Å². The Labute approximate surface area is 201 Å². The van der Waals surface area contributed by atoms with Gasteiger partial charge in [0.25, 0.3) is 5.56 Å². The highest BCUT2D eigenvalue weighted by Gasteiger charge is 2.19. The van der Waals surface area contributed by atoms with E-state index in [9.17, 15) is 14.4 Å². The Morgan fingerprint density at radius 3 is 2.56 bits per heavy atom. The number of hydrogen-bond donors (Lipinski definition) is 1. The Kier molecular flexibility index (Phi) is 7.17. The van der Waals surface area contributed by atoms with Gasteiger partial charge >= 0.3 is 5.97 Å². The summed E-state index contributed by atoms with van der Waals surface area (Å²) < 4.78 is 6.90. The topological polar surface area (TPSA) is 94.1 Å². The lowest BCUT2D eigenvalue weighted by molar-refractivity contribution is -0.139. The highest BCUT2D eigenvalue weighted by Crippen LogP contribution is 2.23. The summed E-state index contributed by atoms with van der Waals surface area (Å²) in [7, 11) is 0. The summed E-state index contributed by atoms with van der Waals surface area (Å²) in [6, 6.07) is 14.7. The maximum absolute atomic E-state index is 13.0. The van der Waals surface area contributed by atoms with Crippen LogP contribution in [0, 0.1) is 12.8 Å². The van der Waals surface area contributed by atoms with Gasteiger partial charge in [0.1, 0.15) is 0 Å². The average molecular weight is 478 g/mol. The molecule has 2 aromatic heterocycles. The predicted octanol–water partition coefficient (Wildman–Crippen LogP) is 4.75. The fourth-order valence-electron chi connectivity index (χ4n) is 3.86. The largest absolute Gasteiger partial charge is 0.457 e. The number of aryl methyl sites for hydroxylation is 1. The molecule has 7 nitrogen and oxygen atoms in total. The van der Waals surface area contributed by atoms with Crippen molar-refractivity contribution in [2.75, 3.05) is 12.4 Å². The normalized spacial score (nSPS) is 11.4. The van der Waals surface area contributed by atoms with Crippen LogP contribution in [0.5, 0.6) is 0 Å². The molecule has 4 rings (SSSR count). The third-order valence-electron chi connectivity index (χ3n) is 5.61. The molecular weight excluding hydrogens is 450 g/mol. The van der Waals surface area contributed by atoms with E-state index in [0.29, 0.717) is 34.1 Å². The molecule has 0 aliphatic rings. The second kappa shape index (κ2) is 10.3. The van der Waals surface area contributed by atoms with Gasteiger partial charge in [0.15, 0.2) is 11.8 Å². The minimum Gasteiger partial charge on any atom is -0.457 e. The number of para-hydroxylation sites is 2. The Bertz CT molecular complexity index is 1420. The molecule has 0 fully saturated rings. The monoisotopic (exact) mass is 477 g/mol. The number of ketones is 1. The van der Waals surface area contributed by atoms with Gasteiger partial charge < -0.3 is 9.72 Å². The predicted molar refractivity (Wildman–Crippen MR) is 135 cm³/mol. The molecule has 2 aromatic carbocycles. The SMILES string of the molecule is Cc1[nH]c2ccccc2c1C(=O)COC(=O)CSc1nc2ccccc2c(=O)n1CCC(C)C. The Morgan fingerprint density at radius 2 is 1.79 bits per heavy atom. The van der Waals surface area contributed by atoms with E-state index in [4.69, 9.17) is 4.74 Å². The quantitative estimate of drug-likeness (QED) is 0.162. The molecule has 4 aromatic rings. The van der Waals surface area contributed by atoms with Gasteiger partial charge in [-0.05, 0) is 37.5 Å². The molecule has 1 N–H and O–H groups in total. The number of carbonyl (C=O) groups is 2. The molecule has 0 spiro atoms. The molecule has 34 heavy (non-hydrogen) atoms. The smallest absolute Gasteiger partial charge is 0.316 e. The molecule has 0 bridgehead atoms. The minimum absolute atomic E-state index is 0.0490. The molecule has 176 valence electrons. The summed E-state index contributed by atoms with van der Waals surface area (Å²) in [5.74, 6) is -0.424. The molecule has 0 saturated carbocycles. The van der Waals surface area contributed by atoms with E-state index in [-0.39, 0.29) is 23.7 Å². The fraction of sp³-hybridized carbons (Fsp3) is 0.308. The van der Waals surface area contributed by atoms with Crippen LogP contribution in [0.4, 0.5) is 0 Å². The number of thioether (sulfide) groups is 1. The molecule has 0 amide bonds. The number of aromatic nitrogens is 3. The third-order valence-corrected chi connectivity index (χ3v) is 6.56. The molecular formula is C26H27N3O4S. The first kappa shape index (κ1) is 23.8. The highest BCUT2D eigenvalue weighted by atomic mass is 32.2. The molecule has 0 radical (unpaired) electrons. The summed E-state index contributed by atoms with van der Waals surface area (Å²) in [6.07, 6.45) is 0.816. The molecule has 8 heteroatoms. The van der Waals surface area contributed by atoms with Gasteiger partial charge in [-0.25, -0.2) is 4.98 Å². The van der Waals surface area contributed by atoms with Crippen molar-refractivity contribution in [2.24, 2.45) is 5.92 Å². The first-order valence-electron chi connectivity index (χ1n) is 11.2. The second-order valence-electron chi connectivity index (χ2n) is 8.59. The molecule has 0 saturated heterocycles. The third kappa shape index (κ3) is 5.07. The van der Waals surface area contributed by atoms with Crippen LogP contribution in [0.3, 0.4) is 0 Å². The van der Waals surface area contributed by atoms with Gasteiger partial charge in [0.2, 0.25) is 5.78 Å². The number of esters is 1. The number of Topliss-reactive ketones (excluding diaryl/α,β-unsaturated/α-hetero) is 1. The Balaban J connectivity index is 1.45. The fourth-order valence-corrected chi connectivity index (χ4v) is 4.68. The molecule has 0 unspecified atom stereocenters. The number of hydrogen-bond acceptors (Lipinski definition) is 6. The van der Waals surface area contributed by atoms with Crippen molar-refractivity contribution in [3.05, 3.63) is 70.1 Å². The van der Waals surface area contributed by atoms with E-state index < -0.39 is 5.97 Å². The zero-order valence-corrected chi connectivity index (χ0v) is 20.3. The summed E-state index contributed by atoms with van der Waals surface area (Å²) in [6.45, 7) is 6.19. The number of nitrogens with one attached hydrogen (secondary N) is 1. The van der Waals surface area contributed by atoms with Crippen LogP contribution in [-0.4, -0.2) is 38.6 Å². The number of aromatic amines is 1. The second-order valence-corrected chi connectivity index (χ2v) is 9.54. The number of carbonyl (C=O) groups excluding carboxylic acids is 2. The van der Waals surface area contributed by atoms with Crippen molar-refractivity contribution in [1.29, 1.82) is 0 Å². The average Bonchev–Trinajstić information content (AvgIpc) is 3.16. The Morgan fingerprint density at radius 1 is 1.09 bits per heavy atom. The molecule has 0 aliphatic heterocycles. The van der Waals surface area contributed by atoms with E-state index in [1.165, 1.54) is 0 Å². The highest BCUT2D eigenvalue weighted by molar-refractivity contribution is 7.99. The van der Waals surface area contributed by atoms with Crippen LogP contribution in [0.1, 0.15) is 36.3 Å². The first-order chi connectivity index (χ1) is 16.3. The van der Waals surface area contributed by atoms with Crippen LogP contribution in [0.15, 0.2) is 58.5 Å². The summed E-state index contributed by atoms with van der Waals surface area (Å²) in [4.78, 5) is 46.0. The number of benzene rings is 2. The molecule has 0 aliphatic carbocycles. The number of H-pyrrole nitrogens is 1. The van der Waals surface area contributed by atoms with Crippen molar-refractivity contribution in [3.8, 4) is 0 Å². The van der Waals surface area contributed by atoms with Crippen LogP contribution in [0.2, 0.25) is 0 Å². The van der Waals surface area contributed by atoms with Crippen molar-refractivity contribution in [2.45, 2.75) is 38.9 Å². The number of nitrogens with zero attached hydrogens (tertiary/aromatic N) is 2. The zero-order valence-electron chi connectivity index (χ0n) is 19.5. The lowest BCUT2D eigenvalue weighted by atomic mass is 10.1. The van der Waals surface area contributed by atoms with Crippen molar-refractivity contribution in [3.63, 3.8) is 0 Å². The van der Waals surface area contributed by atoms with Crippen molar-refractivity contribution >= 4 is 45.3 Å². The standard InChI is InChI=1S/C26H27N3O4S/c1-16(2)12-13-29-25(32)19-9-5-7-11-21(19)28-26(29)34-15-23(31)33-14-22(30)24-17(3)27-20-10-6-4-8-18(20)24/h4-11,16,27H,12-15H2,1-3H3. The van der Waals surface area contributed by atoms with Crippen molar-refractivity contribution in [1.82, 2.24) is 14.5 Å². The maximum atomic E-state index is 13.0. The number of fused-ring (bicyclic) bond motifs is 2. The summed E-state index contributed by atoms with van der Waals surface area (Å²) in [5, 5.41) is 1.84. The van der Waals surface area contributed by atoms with Crippen LogP contribution < -0.4 is 5.56 Å². The Hall–Kier alpha value is -3.39. The number of ether oxygens (including phenoxy) is 1. The van der Waals surface area contributed by atoms with Gasteiger partial charge in [0, 0.05) is 28.7 Å². The van der Waals surface area contributed by atoms with E-state index in [2.05, 4.69) is 23.8 Å². The zero-order chi connectivity index (χ0) is 24.2. The lowest BCUT2D eigenvalue weighted by Crippen LogP contribution is -2.24. The molecule has 0 atom stereocenters. The van der Waals surface area contributed by atoms with E-state index in [0.717, 1.165) is 34.8 Å². The van der Waals surface area contributed by atoms with Crippen LogP contribution >= 0.6 is 11.8 Å². The van der Waals surface area contributed by atoms with Gasteiger partial charge in [-0.2, -0.15) is 0 Å². The summed E-state index contributed by atoms with van der Waals surface area (Å²) >= 11 is 1.15. The van der Waals surface area contributed by atoms with Gasteiger partial charge in [-0.3, -0.25) is 19.0 Å². The molecule has 2 heterocycles. The van der Waals surface area contributed by atoms with Gasteiger partial charge in [-0.1, -0.05) is 55.9 Å². The van der Waals surface area contributed by atoms with E-state index in [1.807, 2.05) is 43.3 Å². The summed E-state index contributed by atoms with van der Waals surface area (Å²) in [5.41, 5.74) is 2.62. The first-order valence-corrected chi connectivity index (χ1v) is 12.2. The lowest BCUT2D eigenvalue weighted by Gasteiger charge is -2.14. The minimum atomic E-state index is -0.534. The maximum Gasteiger partial charge on any atom is 0.316 e. The van der Waals surface area contributed by atoms with Crippen LogP contribution in [0.25, 0.3) is 21.8 Å². The van der Waals surface area contributed by atoms with Crippen LogP contribution in [-0.2, 0) is 16.1 Å². The van der Waals surface area contributed by atoms with Gasteiger partial charge in [-0.15, -0.1) is 0 Å². The van der Waals surface area contributed by atoms with E-state index in [1.54, 1.807) is 16.7 Å². The number of rotatable bonds is 9.